The van der Waals surface area contributed by atoms with Crippen molar-refractivity contribution in [2.24, 2.45) is 5.92 Å². The van der Waals surface area contributed by atoms with E-state index in [4.69, 9.17) is 11.6 Å². The molecule has 0 aromatic heterocycles. The van der Waals surface area contributed by atoms with Crippen LogP contribution in [0, 0.1) is 5.92 Å². The molecule has 2 rings (SSSR count). The second-order valence-electron chi connectivity index (χ2n) is 3.76. The largest absolute Gasteiger partial charge is 0.291 e. The summed E-state index contributed by atoms with van der Waals surface area (Å²) in [5.41, 5.74) is 0. The van der Waals surface area contributed by atoms with E-state index in [1.54, 1.807) is 0 Å². The van der Waals surface area contributed by atoms with Crippen LogP contribution in [-0.4, -0.2) is 34.1 Å². The Kier molecular flexibility index (Phi) is 2.84. The van der Waals surface area contributed by atoms with Gasteiger partial charge in [-0.3, -0.25) is 10.2 Å². The summed E-state index contributed by atoms with van der Waals surface area (Å²) in [4.78, 5) is 2.39. The van der Waals surface area contributed by atoms with E-state index < -0.39 is 0 Å². The highest BCUT2D eigenvalue weighted by molar-refractivity contribution is 14.1. The Morgan fingerprint density at radius 1 is 1.58 bits per heavy atom. The van der Waals surface area contributed by atoms with Crippen molar-refractivity contribution in [2.75, 3.05) is 13.6 Å². The molecule has 2 fully saturated rings. The first kappa shape index (κ1) is 9.49. The molecule has 2 aliphatic heterocycles. The number of nitrogens with zero attached hydrogens (tertiary/aromatic N) is 1. The van der Waals surface area contributed by atoms with Gasteiger partial charge in [-0.05, 0) is 19.9 Å². The lowest BCUT2D eigenvalue weighted by molar-refractivity contribution is 0.132. The summed E-state index contributed by atoms with van der Waals surface area (Å²) in [5, 5.41) is 3.95. The van der Waals surface area contributed by atoms with Crippen molar-refractivity contribution >= 4 is 34.2 Å². The highest BCUT2D eigenvalue weighted by atomic mass is 127. The smallest absolute Gasteiger partial charge is 0.0646 e. The third-order valence-electron chi connectivity index (χ3n) is 2.93. The summed E-state index contributed by atoms with van der Waals surface area (Å²) in [6.07, 6.45) is 2.90. The molecule has 0 radical (unpaired) electrons. The zero-order valence-electron chi connectivity index (χ0n) is 7.13. The van der Waals surface area contributed by atoms with Crippen molar-refractivity contribution in [1.82, 2.24) is 10.2 Å². The number of hydrogen-bond donors (Lipinski definition) is 1. The Morgan fingerprint density at radius 2 is 2.33 bits per heavy atom. The predicted molar refractivity (Wildman–Crippen MR) is 59.7 cm³/mol. The summed E-state index contributed by atoms with van der Waals surface area (Å²) in [6, 6.07) is 0. The van der Waals surface area contributed by atoms with Gasteiger partial charge in [-0.1, -0.05) is 22.6 Å². The first-order valence-corrected chi connectivity index (χ1v) is 6.11. The highest BCUT2D eigenvalue weighted by Gasteiger charge is 2.41. The lowest BCUT2D eigenvalue weighted by atomic mass is 9.94. The van der Waals surface area contributed by atoms with Crippen LogP contribution in [0.4, 0.5) is 0 Å². The van der Waals surface area contributed by atoms with Crippen LogP contribution >= 0.6 is 34.2 Å². The van der Waals surface area contributed by atoms with Gasteiger partial charge >= 0.3 is 0 Å². The van der Waals surface area contributed by atoms with Gasteiger partial charge in [0.05, 0.1) is 10.2 Å². The van der Waals surface area contributed by atoms with Crippen LogP contribution in [0.3, 0.4) is 0 Å². The zero-order chi connectivity index (χ0) is 8.72. The van der Waals surface area contributed by atoms with Crippen molar-refractivity contribution in [3.8, 4) is 0 Å². The van der Waals surface area contributed by atoms with Gasteiger partial charge in [0.25, 0.3) is 0 Å². The van der Waals surface area contributed by atoms with Gasteiger partial charge < -0.3 is 0 Å². The van der Waals surface area contributed by atoms with Crippen molar-refractivity contribution < 1.29 is 0 Å². The maximum Gasteiger partial charge on any atom is 0.0646 e. The van der Waals surface area contributed by atoms with Crippen LogP contribution in [0.5, 0.6) is 0 Å². The van der Waals surface area contributed by atoms with Gasteiger partial charge in [0.15, 0.2) is 0 Å². The Hall–Kier alpha value is 0.940. The van der Waals surface area contributed by atoms with Crippen LogP contribution in [0.15, 0.2) is 0 Å². The molecule has 2 nitrogen and oxygen atoms in total. The normalized spacial score (nSPS) is 49.2. The minimum absolute atomic E-state index is 0.387. The van der Waals surface area contributed by atoms with Crippen LogP contribution in [0.25, 0.3) is 0 Å². The summed E-state index contributed by atoms with van der Waals surface area (Å²) in [6.45, 7) is 1.13. The number of likely N-dealkylation sites (tertiary alicyclic amines) is 1. The summed E-state index contributed by atoms with van der Waals surface area (Å²) >= 11 is 8.74. The van der Waals surface area contributed by atoms with Gasteiger partial charge in [0, 0.05) is 17.8 Å². The molecule has 4 unspecified atom stereocenters. The number of piperidine rings is 1. The van der Waals surface area contributed by atoms with Gasteiger partial charge in [-0.15, -0.1) is 11.6 Å². The fraction of sp³-hybridized carbons (Fsp3) is 1.00. The molecule has 0 spiro atoms. The van der Waals surface area contributed by atoms with E-state index in [2.05, 4.69) is 39.9 Å². The third kappa shape index (κ3) is 1.61. The van der Waals surface area contributed by atoms with E-state index in [9.17, 15) is 0 Å². The Bertz CT molecular complexity index is 160. The van der Waals surface area contributed by atoms with E-state index in [1.165, 1.54) is 6.42 Å². The van der Waals surface area contributed by atoms with E-state index >= 15 is 0 Å². The monoisotopic (exact) mass is 300 g/mol. The molecule has 0 saturated carbocycles. The molecule has 0 bridgehead atoms. The molecule has 2 saturated heterocycles. The van der Waals surface area contributed by atoms with E-state index in [0.717, 1.165) is 13.0 Å². The van der Waals surface area contributed by atoms with Crippen molar-refractivity contribution in [3.63, 3.8) is 0 Å². The lowest BCUT2D eigenvalue weighted by Gasteiger charge is -2.37. The van der Waals surface area contributed by atoms with Gasteiger partial charge in [0.1, 0.15) is 0 Å². The Morgan fingerprint density at radius 3 is 3.00 bits per heavy atom. The molecule has 4 atom stereocenters. The van der Waals surface area contributed by atoms with Crippen molar-refractivity contribution in [2.45, 2.75) is 28.4 Å². The Balaban J connectivity index is 2.09. The fourth-order valence-electron chi connectivity index (χ4n) is 2.22. The van der Waals surface area contributed by atoms with E-state index in [-0.39, 0.29) is 0 Å². The van der Waals surface area contributed by atoms with Gasteiger partial charge in [-0.25, -0.2) is 0 Å². The summed E-state index contributed by atoms with van der Waals surface area (Å²) in [7, 11) is 2.18. The van der Waals surface area contributed by atoms with Gasteiger partial charge in [-0.2, -0.15) is 0 Å². The minimum Gasteiger partial charge on any atom is -0.291 e. The molecule has 2 aliphatic rings. The number of rotatable bonds is 0. The van der Waals surface area contributed by atoms with Crippen molar-refractivity contribution in [1.29, 1.82) is 0 Å². The highest BCUT2D eigenvalue weighted by Crippen LogP contribution is 2.35. The molecule has 0 aromatic carbocycles. The van der Waals surface area contributed by atoms with Crippen molar-refractivity contribution in [3.05, 3.63) is 0 Å². The molecular weight excluding hydrogens is 286 g/mol. The topological polar surface area (TPSA) is 15.3 Å². The van der Waals surface area contributed by atoms with E-state index in [1.807, 2.05) is 0 Å². The maximum absolute atomic E-state index is 6.28. The molecule has 12 heavy (non-hydrogen) atoms. The average molecular weight is 301 g/mol. The van der Waals surface area contributed by atoms with Crippen LogP contribution in [0.1, 0.15) is 12.8 Å². The standard InChI is InChI=1S/C8H14ClIN2/c1-12-3-2-6(9)5-4-7(10)11-8(5)12/h5-8,11H,2-4H2,1H3. The number of fused-ring (bicyclic) bond motifs is 1. The van der Waals surface area contributed by atoms with Gasteiger partial charge in [0.2, 0.25) is 0 Å². The zero-order valence-corrected chi connectivity index (χ0v) is 10.0. The third-order valence-corrected chi connectivity index (χ3v) is 4.34. The molecule has 2 heterocycles. The number of hydrogen-bond acceptors (Lipinski definition) is 2. The second kappa shape index (κ2) is 3.59. The summed E-state index contributed by atoms with van der Waals surface area (Å²) in [5.74, 6) is 0.660. The first-order chi connectivity index (χ1) is 5.68. The maximum atomic E-state index is 6.28. The number of alkyl halides is 2. The molecule has 4 heteroatoms. The molecular formula is C8H14ClIN2. The number of halogens is 2. The number of nitrogens with one attached hydrogen (secondary N) is 1. The SMILES string of the molecule is CN1CCC(Cl)C2CC(I)NC21. The molecule has 1 N–H and O–H groups in total. The fourth-order valence-corrected chi connectivity index (χ4v) is 3.52. The molecule has 0 aliphatic carbocycles. The summed E-state index contributed by atoms with van der Waals surface area (Å²) < 4.78 is 0.611. The molecule has 70 valence electrons. The lowest BCUT2D eigenvalue weighted by Crippen LogP contribution is -2.50. The molecule has 0 amide bonds. The van der Waals surface area contributed by atoms with Crippen LogP contribution in [-0.2, 0) is 0 Å². The first-order valence-electron chi connectivity index (χ1n) is 4.43. The second-order valence-corrected chi connectivity index (χ2v) is 5.83. The van der Waals surface area contributed by atoms with Crippen LogP contribution in [0.2, 0.25) is 0 Å². The average Bonchev–Trinajstić information content (AvgIpc) is 2.41. The minimum atomic E-state index is 0.387. The predicted octanol–water partition coefficient (Wildman–Crippen LogP) is 1.63. The molecule has 0 aromatic rings. The van der Waals surface area contributed by atoms with Crippen LogP contribution < -0.4 is 5.32 Å². The Labute approximate surface area is 92.2 Å². The van der Waals surface area contributed by atoms with E-state index in [0.29, 0.717) is 21.5 Å². The quantitative estimate of drug-likeness (QED) is 0.415.